The van der Waals surface area contributed by atoms with Gasteiger partial charge in [-0.15, -0.1) is 6.58 Å². The van der Waals surface area contributed by atoms with Crippen molar-refractivity contribution < 1.29 is 4.79 Å². The van der Waals surface area contributed by atoms with E-state index in [9.17, 15) is 4.79 Å². The Hall–Kier alpha value is 0.107. The van der Waals surface area contributed by atoms with Crippen LogP contribution in [0.1, 0.15) is 32.1 Å². The molecule has 0 aliphatic carbocycles. The van der Waals surface area contributed by atoms with Crippen LogP contribution in [0.2, 0.25) is 19.1 Å². The molecule has 0 radical (unpaired) electrons. The van der Waals surface area contributed by atoms with Gasteiger partial charge in [0, 0.05) is 11.8 Å². The van der Waals surface area contributed by atoms with Crippen LogP contribution in [0.15, 0.2) is 12.7 Å². The molecule has 0 unspecified atom stereocenters. The molecule has 0 aromatic carbocycles. The lowest BCUT2D eigenvalue weighted by Crippen LogP contribution is -2.36. The van der Waals surface area contributed by atoms with Crippen LogP contribution in [-0.2, 0) is 4.79 Å². The number of allylic oxidation sites excluding steroid dienone is 1. The molecule has 0 fully saturated rings. The maximum atomic E-state index is 11.9. The van der Waals surface area contributed by atoms with Gasteiger partial charge in [-0.3, -0.25) is 0 Å². The third-order valence-electron chi connectivity index (χ3n) is 2.77. The predicted molar refractivity (Wildman–Crippen MR) is 74.4 cm³/mol. The molecule has 0 atom stereocenters. The van der Waals surface area contributed by atoms with Gasteiger partial charge < -0.3 is 4.79 Å². The first kappa shape index (κ1) is 15.1. The fourth-order valence-electron chi connectivity index (χ4n) is 1.50. The number of alkyl halides is 1. The first-order chi connectivity index (χ1) is 7.04. The number of rotatable bonds is 9. The number of hydrogen-bond donors (Lipinski definition) is 0. The van der Waals surface area contributed by atoms with Gasteiger partial charge in [0.1, 0.15) is 13.5 Å². The average molecular weight is 291 g/mol. The van der Waals surface area contributed by atoms with E-state index < -0.39 is 8.07 Å². The van der Waals surface area contributed by atoms with E-state index in [1.54, 1.807) is 0 Å². The summed E-state index contributed by atoms with van der Waals surface area (Å²) in [4.78, 5) is 11.9. The van der Waals surface area contributed by atoms with E-state index in [4.69, 9.17) is 0 Å². The van der Waals surface area contributed by atoms with E-state index in [1.165, 1.54) is 12.8 Å². The van der Waals surface area contributed by atoms with Crippen LogP contribution >= 0.6 is 15.9 Å². The van der Waals surface area contributed by atoms with Gasteiger partial charge in [0.25, 0.3) is 0 Å². The third kappa shape index (κ3) is 7.07. The van der Waals surface area contributed by atoms with E-state index in [1.807, 2.05) is 6.08 Å². The highest BCUT2D eigenvalue weighted by Gasteiger charge is 2.28. The molecule has 0 amide bonds. The number of halogens is 1. The minimum absolute atomic E-state index is 0.541. The summed E-state index contributed by atoms with van der Waals surface area (Å²) >= 11 is 3.40. The molecule has 0 heterocycles. The molecule has 15 heavy (non-hydrogen) atoms. The Morgan fingerprint density at radius 2 is 2.00 bits per heavy atom. The molecule has 0 bridgehead atoms. The van der Waals surface area contributed by atoms with Gasteiger partial charge in [0.2, 0.25) is 0 Å². The summed E-state index contributed by atoms with van der Waals surface area (Å²) in [5, 5.41) is 1.59. The van der Waals surface area contributed by atoms with Gasteiger partial charge in [-0.25, -0.2) is 0 Å². The summed E-state index contributed by atoms with van der Waals surface area (Å²) in [6.45, 7) is 8.08. The second kappa shape index (κ2) is 8.28. The van der Waals surface area contributed by atoms with E-state index >= 15 is 0 Å². The summed E-state index contributed by atoms with van der Waals surface area (Å²) in [7, 11) is -1.61. The van der Waals surface area contributed by atoms with Crippen LogP contribution in [0.4, 0.5) is 0 Å². The Kier molecular flexibility index (Phi) is 8.34. The minimum Gasteiger partial charge on any atom is -0.305 e. The SMILES string of the molecule is C=CCC[Si](C)(C)C(=O)CCCCCBr. The lowest BCUT2D eigenvalue weighted by atomic mass is 10.2. The van der Waals surface area contributed by atoms with Gasteiger partial charge in [0.15, 0.2) is 0 Å². The largest absolute Gasteiger partial charge is 0.305 e. The molecule has 0 aromatic rings. The topological polar surface area (TPSA) is 17.1 Å². The van der Waals surface area contributed by atoms with E-state index in [0.29, 0.717) is 5.41 Å². The Bertz CT molecular complexity index is 202. The highest BCUT2D eigenvalue weighted by atomic mass is 79.9. The van der Waals surface area contributed by atoms with Gasteiger partial charge >= 0.3 is 0 Å². The van der Waals surface area contributed by atoms with Crippen molar-refractivity contribution in [3.63, 3.8) is 0 Å². The van der Waals surface area contributed by atoms with Crippen LogP contribution in [0.5, 0.6) is 0 Å². The fourth-order valence-corrected chi connectivity index (χ4v) is 3.95. The summed E-state index contributed by atoms with van der Waals surface area (Å²) in [5.41, 5.74) is 0. The summed E-state index contributed by atoms with van der Waals surface area (Å²) in [6.07, 6.45) is 7.13. The first-order valence-electron chi connectivity index (χ1n) is 5.74. The zero-order valence-electron chi connectivity index (χ0n) is 10.0. The second-order valence-electron chi connectivity index (χ2n) is 4.63. The van der Waals surface area contributed by atoms with Gasteiger partial charge in [-0.1, -0.05) is 41.5 Å². The zero-order chi connectivity index (χ0) is 11.7. The molecule has 0 spiro atoms. The van der Waals surface area contributed by atoms with Crippen LogP contribution < -0.4 is 0 Å². The molecule has 0 aliphatic heterocycles. The fraction of sp³-hybridized carbons (Fsp3) is 0.750. The molecule has 0 aromatic heterocycles. The van der Waals surface area contributed by atoms with Crippen molar-refractivity contribution in [2.45, 2.75) is 51.2 Å². The second-order valence-corrected chi connectivity index (χ2v) is 10.3. The van der Waals surface area contributed by atoms with Gasteiger partial charge in [-0.2, -0.15) is 0 Å². The Balaban J connectivity index is 3.80. The Labute approximate surface area is 103 Å². The zero-order valence-corrected chi connectivity index (χ0v) is 12.6. The molecule has 0 aliphatic rings. The van der Waals surface area contributed by atoms with Crippen molar-refractivity contribution in [3.8, 4) is 0 Å². The van der Waals surface area contributed by atoms with Crippen molar-refractivity contribution in [2.24, 2.45) is 0 Å². The van der Waals surface area contributed by atoms with Crippen LogP contribution in [0.25, 0.3) is 0 Å². The number of hydrogen-bond acceptors (Lipinski definition) is 1. The quantitative estimate of drug-likeness (QED) is 0.267. The normalized spacial score (nSPS) is 11.4. The number of carbonyl (C=O) groups is 1. The summed E-state index contributed by atoms with van der Waals surface area (Å²) in [5.74, 6) is 0. The molecule has 0 saturated carbocycles. The number of carbonyl (C=O) groups excluding carboxylic acids is 1. The van der Waals surface area contributed by atoms with Crippen LogP contribution in [0.3, 0.4) is 0 Å². The molecule has 0 N–H and O–H groups in total. The molecule has 3 heteroatoms. The summed E-state index contributed by atoms with van der Waals surface area (Å²) < 4.78 is 0. The highest BCUT2D eigenvalue weighted by molar-refractivity contribution is 9.09. The minimum atomic E-state index is -1.61. The Morgan fingerprint density at radius 1 is 1.33 bits per heavy atom. The number of unbranched alkanes of at least 4 members (excludes halogenated alkanes) is 2. The predicted octanol–water partition coefficient (Wildman–Crippen LogP) is 4.33. The van der Waals surface area contributed by atoms with E-state index in [-0.39, 0.29) is 0 Å². The molecule has 88 valence electrons. The lowest BCUT2D eigenvalue weighted by Gasteiger charge is -2.19. The van der Waals surface area contributed by atoms with E-state index in [2.05, 4.69) is 35.6 Å². The molecule has 0 saturated heterocycles. The maximum absolute atomic E-state index is 11.9. The van der Waals surface area contributed by atoms with Crippen molar-refractivity contribution in [1.29, 1.82) is 0 Å². The standard InChI is InChI=1S/C12H23BrOSi/c1-4-5-11-15(2,3)12(14)9-7-6-8-10-13/h4H,1,5-11H2,2-3H3. The molecular weight excluding hydrogens is 268 g/mol. The molecule has 0 rings (SSSR count). The van der Waals surface area contributed by atoms with Crippen LogP contribution in [0, 0.1) is 0 Å². The Morgan fingerprint density at radius 3 is 2.53 bits per heavy atom. The third-order valence-corrected chi connectivity index (χ3v) is 6.62. The smallest absolute Gasteiger partial charge is 0.127 e. The van der Waals surface area contributed by atoms with Gasteiger partial charge in [0.05, 0.1) is 0 Å². The van der Waals surface area contributed by atoms with Crippen molar-refractivity contribution in [1.82, 2.24) is 0 Å². The maximum Gasteiger partial charge on any atom is 0.127 e. The monoisotopic (exact) mass is 290 g/mol. The highest BCUT2D eigenvalue weighted by Crippen LogP contribution is 2.17. The van der Waals surface area contributed by atoms with Crippen molar-refractivity contribution >= 4 is 29.4 Å². The van der Waals surface area contributed by atoms with Crippen molar-refractivity contribution in [3.05, 3.63) is 12.7 Å². The average Bonchev–Trinajstić information content (AvgIpc) is 2.21. The first-order valence-corrected chi connectivity index (χ1v) is 10.1. The molecular formula is C12H23BrOSi. The van der Waals surface area contributed by atoms with Crippen LogP contribution in [-0.4, -0.2) is 18.8 Å². The summed E-state index contributed by atoms with van der Waals surface area (Å²) in [6, 6.07) is 1.06. The van der Waals surface area contributed by atoms with Crippen molar-refractivity contribution in [2.75, 3.05) is 5.33 Å². The lowest BCUT2D eigenvalue weighted by molar-refractivity contribution is -0.112. The van der Waals surface area contributed by atoms with Gasteiger partial charge in [-0.05, 0) is 25.3 Å². The van der Waals surface area contributed by atoms with E-state index in [0.717, 1.165) is 30.6 Å². The molecule has 1 nitrogen and oxygen atoms in total.